The molecular formula is C14H10Br2O2. The van der Waals surface area contributed by atoms with Crippen LogP contribution in [-0.2, 0) is 0 Å². The Balaban J connectivity index is 2.34. The van der Waals surface area contributed by atoms with Gasteiger partial charge < -0.3 is 4.74 Å². The molecule has 2 nitrogen and oxygen atoms in total. The van der Waals surface area contributed by atoms with Gasteiger partial charge in [-0.15, -0.1) is 0 Å². The Kier molecular flexibility index (Phi) is 4.19. The van der Waals surface area contributed by atoms with E-state index in [0.29, 0.717) is 16.9 Å². The summed E-state index contributed by atoms with van der Waals surface area (Å²) in [6.45, 7) is 0. The fourth-order valence-electron chi connectivity index (χ4n) is 1.58. The standard InChI is InChI=1S/C14H10Br2O2/c1-18-13-7-4-10(8-12(13)16)14(17)9-2-5-11(15)6-3-9/h2-8H,1H3. The van der Waals surface area contributed by atoms with Gasteiger partial charge in [0.2, 0.25) is 0 Å². The van der Waals surface area contributed by atoms with E-state index < -0.39 is 0 Å². The third-order valence-corrected chi connectivity index (χ3v) is 3.67. The van der Waals surface area contributed by atoms with Gasteiger partial charge in [0.05, 0.1) is 11.6 Å². The topological polar surface area (TPSA) is 26.3 Å². The molecule has 0 amide bonds. The van der Waals surface area contributed by atoms with Crippen molar-refractivity contribution >= 4 is 37.6 Å². The van der Waals surface area contributed by atoms with Gasteiger partial charge in [-0.2, -0.15) is 0 Å². The number of benzene rings is 2. The zero-order valence-corrected chi connectivity index (χ0v) is 12.8. The number of ketones is 1. The molecule has 0 atom stereocenters. The summed E-state index contributed by atoms with van der Waals surface area (Å²) < 4.78 is 6.86. The van der Waals surface area contributed by atoms with Crippen LogP contribution < -0.4 is 4.74 Å². The molecule has 0 saturated carbocycles. The van der Waals surface area contributed by atoms with Crippen LogP contribution >= 0.6 is 31.9 Å². The summed E-state index contributed by atoms with van der Waals surface area (Å²) >= 11 is 6.72. The van der Waals surface area contributed by atoms with Crippen molar-refractivity contribution in [3.8, 4) is 5.75 Å². The number of hydrogen-bond donors (Lipinski definition) is 0. The smallest absolute Gasteiger partial charge is 0.193 e. The van der Waals surface area contributed by atoms with E-state index in [9.17, 15) is 4.79 Å². The van der Waals surface area contributed by atoms with E-state index >= 15 is 0 Å². The fourth-order valence-corrected chi connectivity index (χ4v) is 2.38. The number of carbonyl (C=O) groups excluding carboxylic acids is 1. The minimum atomic E-state index is -0.00847. The highest BCUT2D eigenvalue weighted by Crippen LogP contribution is 2.26. The van der Waals surface area contributed by atoms with E-state index in [1.54, 1.807) is 37.4 Å². The van der Waals surface area contributed by atoms with Crippen molar-refractivity contribution in [2.45, 2.75) is 0 Å². The third kappa shape index (κ3) is 2.82. The minimum absolute atomic E-state index is 0.00847. The first-order valence-electron chi connectivity index (χ1n) is 5.25. The second kappa shape index (κ2) is 5.67. The van der Waals surface area contributed by atoms with E-state index in [4.69, 9.17) is 4.74 Å². The van der Waals surface area contributed by atoms with Gasteiger partial charge in [-0.25, -0.2) is 0 Å². The summed E-state index contributed by atoms with van der Waals surface area (Å²) in [5, 5.41) is 0. The molecule has 0 aliphatic rings. The number of ether oxygens (including phenoxy) is 1. The monoisotopic (exact) mass is 368 g/mol. The fraction of sp³-hybridized carbons (Fsp3) is 0.0714. The van der Waals surface area contributed by atoms with Gasteiger partial charge in [0.15, 0.2) is 5.78 Å². The van der Waals surface area contributed by atoms with Crippen molar-refractivity contribution in [2.24, 2.45) is 0 Å². The second-order valence-corrected chi connectivity index (χ2v) is 5.46. The Labute approximate surface area is 122 Å². The highest BCUT2D eigenvalue weighted by atomic mass is 79.9. The zero-order valence-electron chi connectivity index (χ0n) is 9.61. The Bertz CT molecular complexity index is 577. The first-order valence-corrected chi connectivity index (χ1v) is 6.84. The van der Waals surface area contributed by atoms with Crippen LogP contribution in [-0.4, -0.2) is 12.9 Å². The Morgan fingerprint density at radius 2 is 1.61 bits per heavy atom. The number of halogens is 2. The van der Waals surface area contributed by atoms with Crippen LogP contribution in [0.2, 0.25) is 0 Å². The van der Waals surface area contributed by atoms with Crippen molar-refractivity contribution in [3.05, 3.63) is 62.5 Å². The Morgan fingerprint density at radius 1 is 1.00 bits per heavy atom. The molecule has 2 aromatic carbocycles. The van der Waals surface area contributed by atoms with Gasteiger partial charge in [-0.1, -0.05) is 15.9 Å². The van der Waals surface area contributed by atoms with Crippen molar-refractivity contribution in [3.63, 3.8) is 0 Å². The molecule has 4 heteroatoms. The van der Waals surface area contributed by atoms with Crippen LogP contribution in [0.25, 0.3) is 0 Å². The lowest BCUT2D eigenvalue weighted by Crippen LogP contribution is -2.01. The van der Waals surface area contributed by atoms with Gasteiger partial charge in [0.25, 0.3) is 0 Å². The van der Waals surface area contributed by atoms with Gasteiger partial charge in [0, 0.05) is 15.6 Å². The Morgan fingerprint density at radius 3 is 2.17 bits per heavy atom. The Hall–Kier alpha value is -1.13. The lowest BCUT2D eigenvalue weighted by molar-refractivity contribution is 0.103. The van der Waals surface area contributed by atoms with E-state index in [1.807, 2.05) is 12.1 Å². The summed E-state index contributed by atoms with van der Waals surface area (Å²) in [7, 11) is 1.59. The van der Waals surface area contributed by atoms with Crippen molar-refractivity contribution < 1.29 is 9.53 Å². The quantitative estimate of drug-likeness (QED) is 0.747. The summed E-state index contributed by atoms with van der Waals surface area (Å²) in [5.41, 5.74) is 1.29. The average Bonchev–Trinajstić information content (AvgIpc) is 2.38. The van der Waals surface area contributed by atoms with Crippen LogP contribution in [0.3, 0.4) is 0 Å². The van der Waals surface area contributed by atoms with Gasteiger partial charge in [-0.05, 0) is 58.4 Å². The number of methoxy groups -OCH3 is 1. The van der Waals surface area contributed by atoms with Gasteiger partial charge >= 0.3 is 0 Å². The minimum Gasteiger partial charge on any atom is -0.496 e. The number of carbonyl (C=O) groups is 1. The van der Waals surface area contributed by atoms with Crippen molar-refractivity contribution in [2.75, 3.05) is 7.11 Å². The molecule has 0 aliphatic heterocycles. The molecule has 0 spiro atoms. The molecule has 0 fully saturated rings. The van der Waals surface area contributed by atoms with Crippen LogP contribution in [0.5, 0.6) is 5.75 Å². The van der Waals surface area contributed by atoms with E-state index in [-0.39, 0.29) is 5.78 Å². The molecule has 0 unspecified atom stereocenters. The molecule has 0 N–H and O–H groups in total. The lowest BCUT2D eigenvalue weighted by atomic mass is 10.0. The molecule has 0 heterocycles. The molecule has 0 radical (unpaired) electrons. The highest BCUT2D eigenvalue weighted by molar-refractivity contribution is 9.10. The molecule has 2 aromatic rings. The maximum Gasteiger partial charge on any atom is 0.193 e. The molecule has 0 aliphatic carbocycles. The number of rotatable bonds is 3. The van der Waals surface area contributed by atoms with Crippen molar-refractivity contribution in [1.82, 2.24) is 0 Å². The van der Waals surface area contributed by atoms with E-state index in [0.717, 1.165) is 8.95 Å². The molecule has 0 saturated heterocycles. The van der Waals surface area contributed by atoms with Crippen LogP contribution in [0.4, 0.5) is 0 Å². The first kappa shape index (κ1) is 13.3. The SMILES string of the molecule is COc1ccc(C(=O)c2ccc(Br)cc2)cc1Br. The predicted octanol–water partition coefficient (Wildman–Crippen LogP) is 4.45. The molecule has 2 rings (SSSR count). The zero-order chi connectivity index (χ0) is 13.1. The normalized spacial score (nSPS) is 10.2. The third-order valence-electron chi connectivity index (χ3n) is 2.52. The summed E-state index contributed by atoms with van der Waals surface area (Å²) in [5.74, 6) is 0.702. The second-order valence-electron chi connectivity index (χ2n) is 3.69. The van der Waals surface area contributed by atoms with Crippen molar-refractivity contribution in [1.29, 1.82) is 0 Å². The van der Waals surface area contributed by atoms with E-state index in [1.165, 1.54) is 0 Å². The maximum absolute atomic E-state index is 12.2. The number of hydrogen-bond acceptors (Lipinski definition) is 2. The largest absolute Gasteiger partial charge is 0.496 e. The average molecular weight is 370 g/mol. The molecule has 18 heavy (non-hydrogen) atoms. The van der Waals surface area contributed by atoms with Gasteiger partial charge in [-0.3, -0.25) is 4.79 Å². The van der Waals surface area contributed by atoms with Gasteiger partial charge in [0.1, 0.15) is 5.75 Å². The molecular weight excluding hydrogens is 360 g/mol. The maximum atomic E-state index is 12.2. The molecule has 0 bridgehead atoms. The summed E-state index contributed by atoms with van der Waals surface area (Å²) in [6.07, 6.45) is 0. The van der Waals surface area contributed by atoms with Crippen LogP contribution in [0.15, 0.2) is 51.4 Å². The molecule has 0 aromatic heterocycles. The van der Waals surface area contributed by atoms with E-state index in [2.05, 4.69) is 31.9 Å². The van der Waals surface area contributed by atoms with Crippen LogP contribution in [0.1, 0.15) is 15.9 Å². The summed E-state index contributed by atoms with van der Waals surface area (Å²) in [4.78, 5) is 12.2. The summed E-state index contributed by atoms with van der Waals surface area (Å²) in [6, 6.07) is 12.6. The van der Waals surface area contributed by atoms with Crippen LogP contribution in [0, 0.1) is 0 Å². The predicted molar refractivity (Wildman–Crippen MR) is 78.3 cm³/mol. The molecule has 92 valence electrons. The highest BCUT2D eigenvalue weighted by Gasteiger charge is 2.11. The lowest BCUT2D eigenvalue weighted by Gasteiger charge is -2.06. The first-order chi connectivity index (χ1) is 8.61.